The number of hydrogen-bond donors (Lipinski definition) is 2. The summed E-state index contributed by atoms with van der Waals surface area (Å²) in [6, 6.07) is 3.96. The second-order valence-electron chi connectivity index (χ2n) is 3.17. The molecule has 0 aliphatic rings. The Hall–Kier alpha value is -0.550. The van der Waals surface area contributed by atoms with Crippen LogP contribution in [0.15, 0.2) is 21.1 Å². The van der Waals surface area contributed by atoms with Gasteiger partial charge in [0.1, 0.15) is 0 Å². The number of hydrogen-bond acceptors (Lipinski definition) is 2. The molecule has 5 heteroatoms. The van der Waals surface area contributed by atoms with Crippen molar-refractivity contribution in [2.75, 3.05) is 11.9 Å². The summed E-state index contributed by atoms with van der Waals surface area (Å²) >= 11 is 6.85. The molecule has 3 nitrogen and oxygen atoms in total. The lowest BCUT2D eigenvalue weighted by molar-refractivity contribution is -0.136. The summed E-state index contributed by atoms with van der Waals surface area (Å²) in [5, 5.41) is 11.6. The van der Waals surface area contributed by atoms with Gasteiger partial charge in [-0.15, -0.1) is 0 Å². The van der Waals surface area contributed by atoms with Gasteiger partial charge < -0.3 is 10.4 Å². The Kier molecular flexibility index (Phi) is 4.60. The van der Waals surface area contributed by atoms with Crippen molar-refractivity contribution < 1.29 is 9.90 Å². The SMILES string of the molecule is Cc1cc(Br)c(NCCC(=O)O)c(Br)c1. The molecule has 0 saturated carbocycles. The molecule has 0 atom stereocenters. The van der Waals surface area contributed by atoms with E-state index in [0.29, 0.717) is 6.54 Å². The highest BCUT2D eigenvalue weighted by atomic mass is 79.9. The molecule has 0 fully saturated rings. The lowest BCUT2D eigenvalue weighted by Crippen LogP contribution is -2.08. The van der Waals surface area contributed by atoms with Gasteiger partial charge in [0.15, 0.2) is 0 Å². The third-order valence-electron chi connectivity index (χ3n) is 1.83. The predicted molar refractivity (Wildman–Crippen MR) is 67.3 cm³/mol. The molecule has 0 aliphatic carbocycles. The lowest BCUT2D eigenvalue weighted by Gasteiger charge is -2.10. The summed E-state index contributed by atoms with van der Waals surface area (Å²) < 4.78 is 1.86. The Morgan fingerprint density at radius 3 is 2.40 bits per heavy atom. The van der Waals surface area contributed by atoms with Crippen molar-refractivity contribution in [2.24, 2.45) is 0 Å². The number of rotatable bonds is 4. The van der Waals surface area contributed by atoms with Crippen LogP contribution in [0.2, 0.25) is 0 Å². The van der Waals surface area contributed by atoms with Crippen LogP contribution in [0, 0.1) is 6.92 Å². The average Bonchev–Trinajstić information content (AvgIpc) is 2.08. The number of carboxylic acids is 1. The van der Waals surface area contributed by atoms with Crippen molar-refractivity contribution in [1.82, 2.24) is 0 Å². The number of halogens is 2. The van der Waals surface area contributed by atoms with Gasteiger partial charge in [-0.2, -0.15) is 0 Å². The molecule has 0 amide bonds. The highest BCUT2D eigenvalue weighted by Gasteiger charge is 2.06. The van der Waals surface area contributed by atoms with Crippen molar-refractivity contribution in [1.29, 1.82) is 0 Å². The molecule has 0 spiro atoms. The Morgan fingerprint density at radius 2 is 1.93 bits per heavy atom. The van der Waals surface area contributed by atoms with Gasteiger partial charge in [0.05, 0.1) is 12.1 Å². The number of nitrogens with one attached hydrogen (secondary N) is 1. The maximum absolute atomic E-state index is 10.4. The Labute approximate surface area is 105 Å². The first-order valence-electron chi connectivity index (χ1n) is 4.42. The summed E-state index contributed by atoms with van der Waals surface area (Å²) in [5.41, 5.74) is 2.03. The largest absolute Gasteiger partial charge is 0.481 e. The Balaban J connectivity index is 2.72. The van der Waals surface area contributed by atoms with Crippen molar-refractivity contribution in [3.05, 3.63) is 26.6 Å². The van der Waals surface area contributed by atoms with Gasteiger partial charge in [0.25, 0.3) is 0 Å². The van der Waals surface area contributed by atoms with E-state index in [0.717, 1.165) is 20.2 Å². The van der Waals surface area contributed by atoms with E-state index in [1.807, 2.05) is 19.1 Å². The molecule has 0 saturated heterocycles. The normalized spacial score (nSPS) is 10.1. The van der Waals surface area contributed by atoms with E-state index in [-0.39, 0.29) is 6.42 Å². The van der Waals surface area contributed by atoms with Crippen LogP contribution in [0.5, 0.6) is 0 Å². The molecule has 1 aromatic carbocycles. The van der Waals surface area contributed by atoms with E-state index in [2.05, 4.69) is 37.2 Å². The molecular formula is C10H11Br2NO2. The third-order valence-corrected chi connectivity index (χ3v) is 3.08. The number of aliphatic carboxylic acids is 1. The summed E-state index contributed by atoms with van der Waals surface area (Å²) in [5.74, 6) is -0.804. The number of aryl methyl sites for hydroxylation is 1. The smallest absolute Gasteiger partial charge is 0.305 e. The first kappa shape index (κ1) is 12.5. The van der Waals surface area contributed by atoms with Gasteiger partial charge in [0, 0.05) is 15.5 Å². The number of carboxylic acid groups (broad SMARTS) is 1. The summed E-state index contributed by atoms with van der Waals surface area (Å²) in [6.45, 7) is 2.41. The maximum atomic E-state index is 10.4. The molecule has 0 aliphatic heterocycles. The predicted octanol–water partition coefficient (Wildman–Crippen LogP) is 3.41. The molecule has 0 unspecified atom stereocenters. The molecule has 0 radical (unpaired) electrons. The van der Waals surface area contributed by atoms with Crippen LogP contribution in [0.1, 0.15) is 12.0 Å². The minimum Gasteiger partial charge on any atom is -0.481 e. The van der Waals surface area contributed by atoms with Gasteiger partial charge in [-0.1, -0.05) is 0 Å². The van der Waals surface area contributed by atoms with E-state index in [9.17, 15) is 4.79 Å². The van der Waals surface area contributed by atoms with Crippen LogP contribution in [0.3, 0.4) is 0 Å². The van der Waals surface area contributed by atoms with E-state index in [1.165, 1.54) is 0 Å². The van der Waals surface area contributed by atoms with Crippen molar-refractivity contribution in [3.8, 4) is 0 Å². The average molecular weight is 337 g/mol. The summed E-state index contributed by atoms with van der Waals surface area (Å²) in [6.07, 6.45) is 0.104. The first-order valence-corrected chi connectivity index (χ1v) is 6.00. The minimum atomic E-state index is -0.804. The molecule has 1 rings (SSSR count). The third kappa shape index (κ3) is 3.83. The van der Waals surface area contributed by atoms with Crippen molar-refractivity contribution >= 4 is 43.5 Å². The lowest BCUT2D eigenvalue weighted by atomic mass is 10.2. The second kappa shape index (κ2) is 5.51. The summed E-state index contributed by atoms with van der Waals surface area (Å²) in [4.78, 5) is 10.4. The molecule has 82 valence electrons. The Bertz CT molecular complexity index is 357. The standard InChI is InChI=1S/C10H11Br2NO2/c1-6-4-7(11)10(8(12)5-6)13-3-2-9(14)15/h4-5,13H,2-3H2,1H3,(H,14,15). The first-order chi connectivity index (χ1) is 7.00. The van der Waals surface area contributed by atoms with Crippen LogP contribution in [0.4, 0.5) is 5.69 Å². The molecule has 15 heavy (non-hydrogen) atoms. The van der Waals surface area contributed by atoms with Gasteiger partial charge in [-0.3, -0.25) is 4.79 Å². The maximum Gasteiger partial charge on any atom is 0.305 e. The summed E-state index contributed by atoms with van der Waals surface area (Å²) in [7, 11) is 0. The monoisotopic (exact) mass is 335 g/mol. The molecular weight excluding hydrogens is 326 g/mol. The highest BCUT2D eigenvalue weighted by molar-refractivity contribution is 9.11. The number of benzene rings is 1. The van der Waals surface area contributed by atoms with Gasteiger partial charge >= 0.3 is 5.97 Å². The molecule has 2 N–H and O–H groups in total. The highest BCUT2D eigenvalue weighted by Crippen LogP contribution is 2.32. The van der Waals surface area contributed by atoms with Crippen molar-refractivity contribution in [3.63, 3.8) is 0 Å². The molecule has 0 heterocycles. The van der Waals surface area contributed by atoms with Crippen molar-refractivity contribution in [2.45, 2.75) is 13.3 Å². The molecule has 0 aromatic heterocycles. The fraction of sp³-hybridized carbons (Fsp3) is 0.300. The zero-order valence-electron chi connectivity index (χ0n) is 8.18. The molecule has 0 bridgehead atoms. The van der Waals surface area contributed by atoms with E-state index in [4.69, 9.17) is 5.11 Å². The fourth-order valence-corrected chi connectivity index (χ4v) is 2.86. The van der Waals surface area contributed by atoms with Crippen LogP contribution in [-0.4, -0.2) is 17.6 Å². The topological polar surface area (TPSA) is 49.3 Å². The van der Waals surface area contributed by atoms with E-state index < -0.39 is 5.97 Å². The van der Waals surface area contributed by atoms with Crippen LogP contribution < -0.4 is 5.32 Å². The van der Waals surface area contributed by atoms with Crippen LogP contribution >= 0.6 is 31.9 Å². The van der Waals surface area contributed by atoms with Gasteiger partial charge in [-0.05, 0) is 56.5 Å². The van der Waals surface area contributed by atoms with Crippen LogP contribution in [0.25, 0.3) is 0 Å². The number of anilines is 1. The van der Waals surface area contributed by atoms with Gasteiger partial charge in [-0.25, -0.2) is 0 Å². The fourth-order valence-electron chi connectivity index (χ4n) is 1.16. The van der Waals surface area contributed by atoms with Gasteiger partial charge in [0.2, 0.25) is 0 Å². The molecule has 1 aromatic rings. The quantitative estimate of drug-likeness (QED) is 0.885. The Morgan fingerprint density at radius 1 is 1.40 bits per heavy atom. The minimum absolute atomic E-state index is 0.104. The second-order valence-corrected chi connectivity index (χ2v) is 4.88. The zero-order chi connectivity index (χ0) is 11.4. The van der Waals surface area contributed by atoms with E-state index >= 15 is 0 Å². The number of carbonyl (C=O) groups is 1. The van der Waals surface area contributed by atoms with Crippen LogP contribution in [-0.2, 0) is 4.79 Å². The van der Waals surface area contributed by atoms with E-state index in [1.54, 1.807) is 0 Å². The zero-order valence-corrected chi connectivity index (χ0v) is 11.4.